The van der Waals surface area contributed by atoms with E-state index in [1.54, 1.807) is 18.7 Å². The summed E-state index contributed by atoms with van der Waals surface area (Å²) in [5.41, 5.74) is 3.97. The highest BCUT2D eigenvalue weighted by Gasteiger charge is 2.36. The van der Waals surface area contributed by atoms with Gasteiger partial charge in [0.2, 0.25) is 11.8 Å². The van der Waals surface area contributed by atoms with Gasteiger partial charge in [0.05, 0.1) is 0 Å². The number of hydrogen-bond donors (Lipinski definition) is 1. The molecule has 1 aliphatic heterocycles. The van der Waals surface area contributed by atoms with Crippen LogP contribution >= 0.6 is 0 Å². The number of aryl methyl sites for hydroxylation is 3. The molecule has 0 atom stereocenters. The summed E-state index contributed by atoms with van der Waals surface area (Å²) in [4.78, 5) is 26.1. The molecule has 0 bridgehead atoms. The zero-order valence-corrected chi connectivity index (χ0v) is 13.5. The molecule has 1 fully saturated rings. The maximum atomic E-state index is 12.6. The van der Waals surface area contributed by atoms with Crippen LogP contribution in [0.25, 0.3) is 0 Å². The molecule has 1 heterocycles. The molecule has 2 amide bonds. The molecule has 0 aliphatic carbocycles. The van der Waals surface area contributed by atoms with Gasteiger partial charge < -0.3 is 10.2 Å². The van der Waals surface area contributed by atoms with E-state index in [-0.39, 0.29) is 11.8 Å². The zero-order valence-electron chi connectivity index (χ0n) is 13.5. The first-order chi connectivity index (χ1) is 9.70. The minimum atomic E-state index is -0.833. The van der Waals surface area contributed by atoms with Gasteiger partial charge in [0.25, 0.3) is 0 Å². The monoisotopic (exact) mass is 288 g/mol. The largest absolute Gasteiger partial charge is 0.342 e. The smallest absolute Gasteiger partial charge is 0.248 e. The van der Waals surface area contributed by atoms with E-state index in [1.807, 2.05) is 0 Å². The standard InChI is InChI=1S/C17H24N2O2/c1-11-8-12(2)14(13(3)9-11)10-19-7-6-15(20)18-17(4,5)16(19)21/h8-9H,6-7,10H2,1-5H3,(H,18,20). The van der Waals surface area contributed by atoms with E-state index in [2.05, 4.69) is 38.2 Å². The molecule has 114 valence electrons. The van der Waals surface area contributed by atoms with Crippen molar-refractivity contribution in [3.8, 4) is 0 Å². The highest BCUT2D eigenvalue weighted by atomic mass is 16.2. The maximum absolute atomic E-state index is 12.6. The summed E-state index contributed by atoms with van der Waals surface area (Å²) in [7, 11) is 0. The predicted molar refractivity (Wildman–Crippen MR) is 82.9 cm³/mol. The lowest BCUT2D eigenvalue weighted by Crippen LogP contribution is -2.52. The van der Waals surface area contributed by atoms with Gasteiger partial charge in [-0.3, -0.25) is 9.59 Å². The number of carbonyl (C=O) groups is 2. The van der Waals surface area contributed by atoms with Crippen LogP contribution in [0.4, 0.5) is 0 Å². The van der Waals surface area contributed by atoms with Crippen LogP contribution in [0.15, 0.2) is 12.1 Å². The number of nitrogens with zero attached hydrogens (tertiary/aromatic N) is 1. The summed E-state index contributed by atoms with van der Waals surface area (Å²) < 4.78 is 0. The van der Waals surface area contributed by atoms with Gasteiger partial charge >= 0.3 is 0 Å². The quantitative estimate of drug-likeness (QED) is 0.907. The second kappa shape index (κ2) is 5.51. The first-order valence-electron chi connectivity index (χ1n) is 7.38. The fourth-order valence-electron chi connectivity index (χ4n) is 3.00. The van der Waals surface area contributed by atoms with E-state index in [9.17, 15) is 9.59 Å². The lowest BCUT2D eigenvalue weighted by molar-refractivity contribution is -0.137. The Labute approximate surface area is 126 Å². The summed E-state index contributed by atoms with van der Waals surface area (Å²) in [6.07, 6.45) is 0.360. The molecular formula is C17H24N2O2. The van der Waals surface area contributed by atoms with Crippen LogP contribution < -0.4 is 5.32 Å². The van der Waals surface area contributed by atoms with Crippen molar-refractivity contribution in [1.29, 1.82) is 0 Å². The molecule has 0 unspecified atom stereocenters. The fourth-order valence-corrected chi connectivity index (χ4v) is 3.00. The molecule has 1 saturated heterocycles. The van der Waals surface area contributed by atoms with Crippen LogP contribution in [0, 0.1) is 20.8 Å². The Balaban J connectivity index is 2.30. The maximum Gasteiger partial charge on any atom is 0.248 e. The molecule has 4 heteroatoms. The molecule has 0 spiro atoms. The van der Waals surface area contributed by atoms with Crippen LogP contribution in [0.1, 0.15) is 42.5 Å². The van der Waals surface area contributed by atoms with E-state index >= 15 is 0 Å². The molecule has 0 aromatic heterocycles. The van der Waals surface area contributed by atoms with Gasteiger partial charge in [0.1, 0.15) is 5.54 Å². The number of nitrogens with one attached hydrogen (secondary N) is 1. The fraction of sp³-hybridized carbons (Fsp3) is 0.529. The van der Waals surface area contributed by atoms with E-state index < -0.39 is 5.54 Å². The Hall–Kier alpha value is -1.84. The number of benzene rings is 1. The van der Waals surface area contributed by atoms with Crippen LogP contribution in [-0.2, 0) is 16.1 Å². The van der Waals surface area contributed by atoms with Crippen molar-refractivity contribution in [2.24, 2.45) is 0 Å². The molecule has 1 aromatic rings. The van der Waals surface area contributed by atoms with Crippen molar-refractivity contribution >= 4 is 11.8 Å². The number of rotatable bonds is 2. The van der Waals surface area contributed by atoms with Gasteiger partial charge in [0, 0.05) is 19.5 Å². The molecule has 1 aromatic carbocycles. The van der Waals surface area contributed by atoms with E-state index in [0.29, 0.717) is 19.5 Å². The summed E-state index contributed by atoms with van der Waals surface area (Å²) in [6, 6.07) is 4.28. The number of hydrogen-bond acceptors (Lipinski definition) is 2. The van der Waals surface area contributed by atoms with Gasteiger partial charge in [-0.1, -0.05) is 17.7 Å². The van der Waals surface area contributed by atoms with Crippen molar-refractivity contribution in [2.45, 2.75) is 53.1 Å². The van der Waals surface area contributed by atoms with Gasteiger partial charge in [-0.15, -0.1) is 0 Å². The third kappa shape index (κ3) is 3.26. The van der Waals surface area contributed by atoms with Crippen molar-refractivity contribution in [3.05, 3.63) is 34.4 Å². The lowest BCUT2D eigenvalue weighted by atomic mass is 9.98. The molecule has 1 aliphatic rings. The highest BCUT2D eigenvalue weighted by Crippen LogP contribution is 2.21. The van der Waals surface area contributed by atoms with Gasteiger partial charge in [-0.25, -0.2) is 0 Å². The first-order valence-corrected chi connectivity index (χ1v) is 7.38. The summed E-state index contributed by atoms with van der Waals surface area (Å²) in [6.45, 7) is 10.8. The Morgan fingerprint density at radius 2 is 1.71 bits per heavy atom. The lowest BCUT2D eigenvalue weighted by Gasteiger charge is -2.29. The Kier molecular flexibility index (Phi) is 4.08. The Bertz CT molecular complexity index is 567. The SMILES string of the molecule is Cc1cc(C)c(CN2CCC(=O)NC(C)(C)C2=O)c(C)c1. The average Bonchev–Trinajstić information content (AvgIpc) is 2.43. The summed E-state index contributed by atoms with van der Waals surface area (Å²) in [5.74, 6) is -0.0825. The molecule has 4 nitrogen and oxygen atoms in total. The van der Waals surface area contributed by atoms with Crippen molar-refractivity contribution in [3.63, 3.8) is 0 Å². The van der Waals surface area contributed by atoms with Crippen LogP contribution in [0.5, 0.6) is 0 Å². The topological polar surface area (TPSA) is 49.4 Å². The van der Waals surface area contributed by atoms with Crippen LogP contribution in [0.2, 0.25) is 0 Å². The third-order valence-electron chi connectivity index (χ3n) is 4.07. The van der Waals surface area contributed by atoms with Crippen molar-refractivity contribution in [1.82, 2.24) is 10.2 Å². The van der Waals surface area contributed by atoms with Crippen LogP contribution in [-0.4, -0.2) is 28.8 Å². The zero-order chi connectivity index (χ0) is 15.8. The second-order valence-corrected chi connectivity index (χ2v) is 6.53. The molecule has 2 rings (SSSR count). The summed E-state index contributed by atoms with van der Waals surface area (Å²) in [5, 5.41) is 2.79. The Morgan fingerprint density at radius 3 is 2.29 bits per heavy atom. The molecule has 0 radical (unpaired) electrons. The van der Waals surface area contributed by atoms with E-state index in [4.69, 9.17) is 0 Å². The highest BCUT2D eigenvalue weighted by molar-refractivity contribution is 5.92. The average molecular weight is 288 g/mol. The van der Waals surface area contributed by atoms with Crippen molar-refractivity contribution in [2.75, 3.05) is 6.54 Å². The Morgan fingerprint density at radius 1 is 1.14 bits per heavy atom. The third-order valence-corrected chi connectivity index (χ3v) is 4.07. The molecular weight excluding hydrogens is 264 g/mol. The minimum Gasteiger partial charge on any atom is -0.342 e. The first kappa shape index (κ1) is 15.5. The van der Waals surface area contributed by atoms with Gasteiger partial charge in [-0.2, -0.15) is 0 Å². The van der Waals surface area contributed by atoms with Crippen molar-refractivity contribution < 1.29 is 9.59 Å². The number of carbonyl (C=O) groups excluding carboxylic acids is 2. The minimum absolute atomic E-state index is 0.0206. The molecule has 1 N–H and O–H groups in total. The normalized spacial score (nSPS) is 18.4. The summed E-state index contributed by atoms with van der Waals surface area (Å²) >= 11 is 0. The second-order valence-electron chi connectivity index (χ2n) is 6.53. The molecule has 0 saturated carbocycles. The molecule has 21 heavy (non-hydrogen) atoms. The van der Waals surface area contributed by atoms with Gasteiger partial charge in [0.15, 0.2) is 0 Å². The van der Waals surface area contributed by atoms with Crippen LogP contribution in [0.3, 0.4) is 0 Å². The van der Waals surface area contributed by atoms with E-state index in [0.717, 1.165) is 0 Å². The van der Waals surface area contributed by atoms with E-state index in [1.165, 1.54) is 22.3 Å². The number of amides is 2. The van der Waals surface area contributed by atoms with Gasteiger partial charge in [-0.05, 0) is 51.3 Å². The predicted octanol–water partition coefficient (Wildman–Crippen LogP) is 2.24.